The maximum absolute atomic E-state index is 12.9. The fraction of sp³-hybridized carbons (Fsp3) is 0.364. The Kier molecular flexibility index (Phi) is 4.60. The Balaban J connectivity index is 1.20. The highest BCUT2D eigenvalue weighted by Crippen LogP contribution is 2.39. The first-order valence-electron chi connectivity index (χ1n) is 10.1. The van der Waals surface area contributed by atoms with Crippen molar-refractivity contribution in [3.63, 3.8) is 0 Å². The van der Waals surface area contributed by atoms with Crippen LogP contribution in [-0.2, 0) is 4.79 Å². The molecule has 0 radical (unpaired) electrons. The molecule has 156 valence electrons. The lowest BCUT2D eigenvalue weighted by Crippen LogP contribution is -2.55. The molecule has 2 aromatic carbocycles. The third-order valence-corrected chi connectivity index (χ3v) is 6.24. The molecule has 2 aromatic rings. The van der Waals surface area contributed by atoms with Gasteiger partial charge >= 0.3 is 0 Å². The number of carbonyl (C=O) groups is 2. The minimum atomic E-state index is -0.649. The minimum absolute atomic E-state index is 0.0188. The molecule has 3 aliphatic rings. The average molecular weight is 427 g/mol. The fourth-order valence-corrected chi connectivity index (χ4v) is 4.08. The third-order valence-electron chi connectivity index (χ3n) is 6.00. The normalized spacial score (nSPS) is 21.5. The Morgan fingerprint density at radius 2 is 1.70 bits per heavy atom. The maximum Gasteiger partial charge on any atom is 0.253 e. The summed E-state index contributed by atoms with van der Waals surface area (Å²) in [6.07, 6.45) is 1.20. The van der Waals surface area contributed by atoms with Crippen molar-refractivity contribution in [2.75, 3.05) is 31.5 Å². The first kappa shape index (κ1) is 19.2. The molecule has 1 saturated carbocycles. The van der Waals surface area contributed by atoms with Gasteiger partial charge in [-0.1, -0.05) is 23.7 Å². The minimum Gasteiger partial charge on any atom is -0.464 e. The molecule has 7 nitrogen and oxygen atoms in total. The van der Waals surface area contributed by atoms with Crippen LogP contribution in [0.15, 0.2) is 42.5 Å². The molecule has 2 aliphatic heterocycles. The Labute approximate surface area is 179 Å². The molecule has 2 heterocycles. The van der Waals surface area contributed by atoms with Gasteiger partial charge in [0.1, 0.15) is 5.75 Å². The summed E-state index contributed by atoms with van der Waals surface area (Å²) in [5.74, 6) is 0.703. The summed E-state index contributed by atoms with van der Waals surface area (Å²) in [7, 11) is 0. The van der Waals surface area contributed by atoms with E-state index < -0.39 is 5.54 Å². The molecular weight excluding hydrogens is 404 g/mol. The molecule has 0 bridgehead atoms. The van der Waals surface area contributed by atoms with Gasteiger partial charge in [0.2, 0.25) is 5.91 Å². The van der Waals surface area contributed by atoms with Crippen molar-refractivity contribution in [1.82, 2.24) is 9.80 Å². The highest BCUT2D eigenvalue weighted by Gasteiger charge is 2.48. The number of rotatable bonds is 3. The Hall–Kier alpha value is -2.77. The van der Waals surface area contributed by atoms with E-state index in [4.69, 9.17) is 22.1 Å². The van der Waals surface area contributed by atoms with Crippen molar-refractivity contribution in [3.8, 4) is 5.75 Å². The highest BCUT2D eigenvalue weighted by atomic mass is 35.5. The fourth-order valence-electron chi connectivity index (χ4n) is 3.92. The zero-order chi connectivity index (χ0) is 20.9. The van der Waals surface area contributed by atoms with E-state index in [1.807, 2.05) is 36.4 Å². The van der Waals surface area contributed by atoms with E-state index in [9.17, 15) is 9.59 Å². The van der Waals surface area contributed by atoms with Gasteiger partial charge in [-0.05, 0) is 37.1 Å². The molecule has 1 atom stereocenters. The molecule has 1 unspecified atom stereocenters. The summed E-state index contributed by atoms with van der Waals surface area (Å²) >= 11 is 6.02. The second-order valence-corrected chi connectivity index (χ2v) is 8.58. The van der Waals surface area contributed by atoms with Gasteiger partial charge in [0.15, 0.2) is 6.23 Å². The van der Waals surface area contributed by atoms with Gasteiger partial charge in [-0.25, -0.2) is 0 Å². The van der Waals surface area contributed by atoms with E-state index in [1.54, 1.807) is 15.9 Å². The number of anilines is 1. The smallest absolute Gasteiger partial charge is 0.253 e. The number of amides is 2. The zero-order valence-electron chi connectivity index (χ0n) is 16.4. The molecule has 30 heavy (non-hydrogen) atoms. The van der Waals surface area contributed by atoms with Crippen LogP contribution < -0.4 is 15.8 Å². The van der Waals surface area contributed by atoms with Crippen molar-refractivity contribution in [2.24, 2.45) is 5.73 Å². The van der Waals surface area contributed by atoms with Crippen LogP contribution in [0.1, 0.15) is 35.0 Å². The number of hydrogen-bond acceptors (Lipinski definition) is 5. The number of halogens is 1. The first-order valence-corrected chi connectivity index (χ1v) is 10.5. The third kappa shape index (κ3) is 3.48. The number of nitrogens with one attached hydrogen (secondary N) is 1. The lowest BCUT2D eigenvalue weighted by Gasteiger charge is -2.36. The number of ether oxygens (including phenoxy) is 1. The molecule has 2 amide bonds. The molecule has 0 aromatic heterocycles. The van der Waals surface area contributed by atoms with Crippen molar-refractivity contribution in [3.05, 3.63) is 58.6 Å². The van der Waals surface area contributed by atoms with E-state index in [0.717, 1.165) is 24.1 Å². The number of piperazine rings is 1. The Bertz CT molecular complexity index is 998. The largest absolute Gasteiger partial charge is 0.464 e. The van der Waals surface area contributed by atoms with Crippen LogP contribution in [-0.4, -0.2) is 53.3 Å². The highest BCUT2D eigenvalue weighted by molar-refractivity contribution is 6.30. The summed E-state index contributed by atoms with van der Waals surface area (Å²) in [6, 6.07) is 12.9. The summed E-state index contributed by atoms with van der Waals surface area (Å²) in [5.41, 5.74) is 7.80. The maximum atomic E-state index is 12.9. The van der Waals surface area contributed by atoms with E-state index in [-0.39, 0.29) is 18.0 Å². The molecule has 2 fully saturated rings. The van der Waals surface area contributed by atoms with Gasteiger partial charge in [-0.2, -0.15) is 0 Å². The van der Waals surface area contributed by atoms with E-state index in [1.165, 1.54) is 0 Å². The van der Waals surface area contributed by atoms with Crippen LogP contribution in [0.2, 0.25) is 5.02 Å². The lowest BCUT2D eigenvalue weighted by molar-refractivity contribution is -0.135. The van der Waals surface area contributed by atoms with Crippen molar-refractivity contribution in [1.29, 1.82) is 0 Å². The molecule has 3 N–H and O–H groups in total. The topological polar surface area (TPSA) is 87.9 Å². The molecule has 8 heteroatoms. The quantitative estimate of drug-likeness (QED) is 0.787. The number of hydrogen-bond donors (Lipinski definition) is 2. The molecule has 5 rings (SSSR count). The van der Waals surface area contributed by atoms with Crippen LogP contribution in [0.5, 0.6) is 5.75 Å². The first-order chi connectivity index (χ1) is 14.4. The van der Waals surface area contributed by atoms with E-state index in [0.29, 0.717) is 42.5 Å². The number of nitrogens with two attached hydrogens (primary N) is 1. The molecule has 0 spiro atoms. The van der Waals surface area contributed by atoms with Gasteiger partial charge in [-0.3, -0.25) is 9.59 Å². The van der Waals surface area contributed by atoms with Crippen LogP contribution in [0, 0.1) is 0 Å². The summed E-state index contributed by atoms with van der Waals surface area (Å²) < 4.78 is 5.92. The van der Waals surface area contributed by atoms with Crippen molar-refractivity contribution < 1.29 is 14.3 Å². The molecular formula is C22H23ClN4O3. The van der Waals surface area contributed by atoms with Crippen molar-refractivity contribution >= 4 is 29.1 Å². The van der Waals surface area contributed by atoms with Gasteiger partial charge in [0.25, 0.3) is 5.91 Å². The SMILES string of the molecule is NC1(C(=O)N2CCN(C(=O)c3ccc(C4Nc5ccc(Cl)cc5O4)cc3)CC2)CC1. The Morgan fingerprint density at radius 3 is 2.37 bits per heavy atom. The van der Waals surface area contributed by atoms with Gasteiger partial charge in [0.05, 0.1) is 11.2 Å². The summed E-state index contributed by atoms with van der Waals surface area (Å²) in [4.78, 5) is 28.8. The monoisotopic (exact) mass is 426 g/mol. The average Bonchev–Trinajstić information content (AvgIpc) is 3.38. The van der Waals surface area contributed by atoms with Crippen LogP contribution >= 0.6 is 11.6 Å². The summed E-state index contributed by atoms with van der Waals surface area (Å²) in [6.45, 7) is 2.10. The number of benzene rings is 2. The van der Waals surface area contributed by atoms with Gasteiger partial charge in [0, 0.05) is 48.4 Å². The second kappa shape index (κ2) is 7.18. The van der Waals surface area contributed by atoms with Gasteiger partial charge < -0.3 is 25.6 Å². The van der Waals surface area contributed by atoms with Crippen molar-refractivity contribution in [2.45, 2.75) is 24.6 Å². The second-order valence-electron chi connectivity index (χ2n) is 8.15. The molecule has 1 aliphatic carbocycles. The number of nitrogens with zero attached hydrogens (tertiary/aromatic N) is 2. The zero-order valence-corrected chi connectivity index (χ0v) is 17.2. The number of fused-ring (bicyclic) bond motifs is 1. The number of carbonyl (C=O) groups excluding carboxylic acids is 2. The van der Waals surface area contributed by atoms with Crippen LogP contribution in [0.4, 0.5) is 5.69 Å². The summed E-state index contributed by atoms with van der Waals surface area (Å²) in [5, 5.41) is 3.92. The molecule has 1 saturated heterocycles. The van der Waals surface area contributed by atoms with Crippen LogP contribution in [0.25, 0.3) is 0 Å². The van der Waals surface area contributed by atoms with E-state index in [2.05, 4.69) is 5.32 Å². The lowest BCUT2D eigenvalue weighted by atomic mass is 10.1. The van der Waals surface area contributed by atoms with Crippen LogP contribution in [0.3, 0.4) is 0 Å². The predicted molar refractivity (Wildman–Crippen MR) is 114 cm³/mol. The standard InChI is InChI=1S/C22H23ClN4O3/c23-16-5-6-17-18(13-16)30-19(25-17)14-1-3-15(4-2-14)20(28)26-9-11-27(12-10-26)21(29)22(24)7-8-22/h1-6,13,19,25H,7-12,24H2. The van der Waals surface area contributed by atoms with E-state index >= 15 is 0 Å². The predicted octanol–water partition coefficient (Wildman–Crippen LogP) is 2.62. The Morgan fingerprint density at radius 1 is 1.03 bits per heavy atom. The van der Waals surface area contributed by atoms with Gasteiger partial charge in [-0.15, -0.1) is 0 Å².